The van der Waals surface area contributed by atoms with Crippen molar-refractivity contribution in [2.24, 2.45) is 0 Å². The third-order valence-corrected chi connectivity index (χ3v) is 14.5. The standard InChI is InChI=1S/C63H74BN3O/c1-58(2,3)41-23-19-39(20-24-41)48-35-44(61(10,11)12)29-33-50(48)67-53-38-46(63(16,17)18)37-52-54(53)64(55-57(67)68-56(65-55)40-21-25-42(26-22-40)59(4,5)6)49-36-45(62(13,14)15)30-34-51(49)66(52)47-31-27-43(28-32-47)60(7,8)9/h19-38H,1-18H3. The number of anilines is 6. The van der Waals surface area contributed by atoms with Crippen molar-refractivity contribution in [2.45, 2.75) is 157 Å². The summed E-state index contributed by atoms with van der Waals surface area (Å²) >= 11 is 0. The Kier molecular flexibility index (Phi) is 11.0. The molecule has 6 aromatic carbocycles. The van der Waals surface area contributed by atoms with E-state index in [-0.39, 0.29) is 39.2 Å². The Labute approximate surface area is 409 Å². The second kappa shape index (κ2) is 15.9. The summed E-state index contributed by atoms with van der Waals surface area (Å²) in [4.78, 5) is 10.6. The van der Waals surface area contributed by atoms with Crippen molar-refractivity contribution in [1.29, 1.82) is 0 Å². The minimum Gasteiger partial charge on any atom is -0.420 e. The van der Waals surface area contributed by atoms with Crippen LogP contribution < -0.4 is 26.3 Å². The molecule has 0 saturated heterocycles. The maximum atomic E-state index is 7.39. The van der Waals surface area contributed by atoms with Gasteiger partial charge in [0, 0.05) is 33.9 Å². The van der Waals surface area contributed by atoms with E-state index in [1.807, 2.05) is 0 Å². The van der Waals surface area contributed by atoms with Gasteiger partial charge in [0.1, 0.15) is 0 Å². The third-order valence-electron chi connectivity index (χ3n) is 14.5. The molecule has 4 nitrogen and oxygen atoms in total. The van der Waals surface area contributed by atoms with Gasteiger partial charge in [-0.1, -0.05) is 191 Å². The van der Waals surface area contributed by atoms with Crippen LogP contribution in [-0.2, 0) is 32.5 Å². The highest BCUT2D eigenvalue weighted by Crippen LogP contribution is 2.50. The van der Waals surface area contributed by atoms with Crippen LogP contribution in [0.3, 0.4) is 0 Å². The normalized spacial score (nSPS) is 14.2. The van der Waals surface area contributed by atoms with Gasteiger partial charge >= 0.3 is 0 Å². The smallest absolute Gasteiger partial charge is 0.279 e. The fourth-order valence-electron chi connectivity index (χ4n) is 9.97. The minimum absolute atomic E-state index is 0.0180. The fraction of sp³-hybridized carbons (Fsp3) is 0.381. The zero-order valence-corrected chi connectivity index (χ0v) is 44.4. The fourth-order valence-corrected chi connectivity index (χ4v) is 9.97. The van der Waals surface area contributed by atoms with Gasteiger partial charge in [-0.05, 0) is 137 Å². The first-order chi connectivity index (χ1) is 31.5. The number of benzene rings is 6. The molecule has 5 heteroatoms. The molecular formula is C63H74BN3O. The molecule has 1 aromatic heterocycles. The Balaban J connectivity index is 1.41. The van der Waals surface area contributed by atoms with Crippen molar-refractivity contribution in [3.05, 3.63) is 155 Å². The van der Waals surface area contributed by atoms with Crippen molar-refractivity contribution in [3.8, 4) is 22.6 Å². The number of hydrogen-bond acceptors (Lipinski definition) is 4. The van der Waals surface area contributed by atoms with Crippen LogP contribution >= 0.6 is 0 Å². The largest absolute Gasteiger partial charge is 0.420 e. The molecule has 3 heterocycles. The van der Waals surface area contributed by atoms with Gasteiger partial charge < -0.3 is 9.32 Å². The van der Waals surface area contributed by atoms with Crippen molar-refractivity contribution in [2.75, 3.05) is 9.80 Å². The maximum Gasteiger partial charge on any atom is 0.279 e. The molecule has 0 aliphatic carbocycles. The number of nitrogens with zero attached hydrogens (tertiary/aromatic N) is 3. The van der Waals surface area contributed by atoms with E-state index in [1.54, 1.807) is 0 Å². The number of hydrogen-bond donors (Lipinski definition) is 0. The van der Waals surface area contributed by atoms with Crippen LogP contribution in [0.25, 0.3) is 22.6 Å². The highest BCUT2D eigenvalue weighted by Gasteiger charge is 2.48. The quantitative estimate of drug-likeness (QED) is 0.165. The molecule has 0 saturated carbocycles. The second-order valence-corrected chi connectivity index (χ2v) is 25.9. The Morgan fingerprint density at radius 2 is 0.794 bits per heavy atom. The molecular weight excluding hydrogens is 826 g/mol. The van der Waals surface area contributed by atoms with Gasteiger partial charge in [-0.25, -0.2) is 4.98 Å². The molecule has 0 unspecified atom stereocenters. The number of rotatable bonds is 4. The average molecular weight is 900 g/mol. The summed E-state index contributed by atoms with van der Waals surface area (Å²) in [6.07, 6.45) is 0. The lowest BCUT2D eigenvalue weighted by molar-refractivity contribution is 0.577. The van der Waals surface area contributed by atoms with Crippen LogP contribution in [0.15, 0.2) is 126 Å². The average Bonchev–Trinajstić information content (AvgIpc) is 3.69. The Hall–Kier alpha value is -5.81. The van der Waals surface area contributed by atoms with Crippen LogP contribution in [0.5, 0.6) is 0 Å². The monoisotopic (exact) mass is 900 g/mol. The Morgan fingerprint density at radius 1 is 0.382 bits per heavy atom. The Bertz CT molecular complexity index is 3040. The number of aromatic nitrogens is 1. The van der Waals surface area contributed by atoms with Gasteiger partial charge in [0.2, 0.25) is 11.8 Å². The first kappa shape index (κ1) is 47.3. The first-order valence-electron chi connectivity index (χ1n) is 24.9. The van der Waals surface area contributed by atoms with Crippen molar-refractivity contribution >= 4 is 57.6 Å². The zero-order valence-electron chi connectivity index (χ0n) is 44.4. The lowest BCUT2D eigenvalue weighted by atomic mass is 9.35. The lowest BCUT2D eigenvalue weighted by Gasteiger charge is -2.43. The molecule has 350 valence electrons. The van der Waals surface area contributed by atoms with E-state index in [4.69, 9.17) is 9.40 Å². The second-order valence-electron chi connectivity index (χ2n) is 25.9. The van der Waals surface area contributed by atoms with E-state index in [0.29, 0.717) is 5.89 Å². The van der Waals surface area contributed by atoms with Crippen molar-refractivity contribution in [3.63, 3.8) is 0 Å². The van der Waals surface area contributed by atoms with E-state index in [9.17, 15) is 0 Å². The van der Waals surface area contributed by atoms with Gasteiger partial charge in [0.15, 0.2) is 0 Å². The molecule has 7 aromatic rings. The lowest BCUT2D eigenvalue weighted by Crippen LogP contribution is -2.62. The molecule has 0 spiro atoms. The van der Waals surface area contributed by atoms with Crippen LogP contribution in [-0.4, -0.2) is 11.7 Å². The van der Waals surface area contributed by atoms with E-state index in [1.165, 1.54) is 61.2 Å². The molecule has 9 rings (SSSR count). The van der Waals surface area contributed by atoms with Crippen molar-refractivity contribution < 1.29 is 4.42 Å². The molecule has 2 aliphatic rings. The number of fused-ring (bicyclic) bond motifs is 4. The summed E-state index contributed by atoms with van der Waals surface area (Å²) in [5.74, 6) is 1.39. The SMILES string of the molecule is CC(C)(C)c1ccc(-c2nc3c(o2)N(c2ccc(C(C)(C)C)cc2-c2ccc(C(C)(C)C)cc2)c2cc(C(C)(C)C)cc4c2B3c2cc(C(C)(C)C)ccc2N4c2ccc(C(C)(C)C)cc2)cc1. The summed E-state index contributed by atoms with van der Waals surface area (Å²) in [7, 11) is 0. The molecule has 0 radical (unpaired) electrons. The van der Waals surface area contributed by atoms with Gasteiger partial charge in [-0.3, -0.25) is 4.90 Å². The summed E-state index contributed by atoms with van der Waals surface area (Å²) in [5, 5.41) is 0. The summed E-state index contributed by atoms with van der Waals surface area (Å²) < 4.78 is 7.39. The van der Waals surface area contributed by atoms with E-state index >= 15 is 0 Å². The van der Waals surface area contributed by atoms with Gasteiger partial charge in [-0.15, -0.1) is 0 Å². The third kappa shape index (κ3) is 8.43. The Morgan fingerprint density at radius 3 is 1.28 bits per heavy atom. The maximum absolute atomic E-state index is 7.39. The molecule has 2 aliphatic heterocycles. The molecule has 68 heavy (non-hydrogen) atoms. The van der Waals surface area contributed by atoms with Crippen molar-refractivity contribution in [1.82, 2.24) is 4.98 Å². The molecule has 0 amide bonds. The summed E-state index contributed by atoms with van der Waals surface area (Å²) in [5.41, 5.74) is 19.8. The van der Waals surface area contributed by atoms with Crippen LogP contribution in [0.2, 0.25) is 0 Å². The molecule has 0 fully saturated rings. The van der Waals surface area contributed by atoms with Gasteiger partial charge in [0.05, 0.1) is 11.3 Å². The summed E-state index contributed by atoms with van der Waals surface area (Å²) in [6, 6.07) is 46.6. The zero-order chi connectivity index (χ0) is 49.3. The number of oxazole rings is 1. The van der Waals surface area contributed by atoms with E-state index in [2.05, 4.69) is 256 Å². The predicted octanol–water partition coefficient (Wildman–Crippen LogP) is 15.9. The van der Waals surface area contributed by atoms with Crippen LogP contribution in [0, 0.1) is 0 Å². The first-order valence-corrected chi connectivity index (χ1v) is 24.9. The van der Waals surface area contributed by atoms with Crippen LogP contribution in [0.1, 0.15) is 158 Å². The molecule has 0 atom stereocenters. The van der Waals surface area contributed by atoms with E-state index < -0.39 is 0 Å². The molecule has 0 N–H and O–H groups in total. The summed E-state index contributed by atoms with van der Waals surface area (Å²) in [6.45, 7) is 41.2. The highest BCUT2D eigenvalue weighted by molar-refractivity contribution is 6.99. The highest BCUT2D eigenvalue weighted by atomic mass is 16.4. The molecule has 0 bridgehead atoms. The van der Waals surface area contributed by atoms with Gasteiger partial charge in [-0.2, -0.15) is 0 Å². The van der Waals surface area contributed by atoms with E-state index in [0.717, 1.165) is 39.7 Å². The van der Waals surface area contributed by atoms with Gasteiger partial charge in [0.25, 0.3) is 6.71 Å². The minimum atomic E-state index is -0.197. The topological polar surface area (TPSA) is 32.5 Å². The van der Waals surface area contributed by atoms with Crippen LogP contribution in [0.4, 0.5) is 34.3 Å². The predicted molar refractivity (Wildman–Crippen MR) is 294 cm³/mol.